The number of halogens is 2. The molecule has 6 heteroatoms. The van der Waals surface area contributed by atoms with E-state index in [1.807, 2.05) is 0 Å². The monoisotopic (exact) mass is 335 g/mol. The first-order valence-corrected chi connectivity index (χ1v) is 6.64. The summed E-state index contributed by atoms with van der Waals surface area (Å²) in [6, 6.07) is 4.80. The average Bonchev–Trinajstić information content (AvgIpc) is 2.36. The maximum absolute atomic E-state index is 12.1. The number of hydrogen-bond acceptors (Lipinski definition) is 3. The summed E-state index contributed by atoms with van der Waals surface area (Å²) in [6.07, 6.45) is 0.428. The van der Waals surface area contributed by atoms with Gasteiger partial charge in [0.1, 0.15) is 0 Å². The van der Waals surface area contributed by atoms with Gasteiger partial charge in [-0.1, -0.05) is 18.5 Å². The van der Waals surface area contributed by atoms with Crippen LogP contribution in [-0.4, -0.2) is 34.9 Å². The van der Waals surface area contributed by atoms with Gasteiger partial charge in [0.25, 0.3) is 5.91 Å². The maximum Gasteiger partial charge on any atom is 0.253 e. The molecule has 0 atom stereocenters. The second kappa shape index (κ2) is 6.52. The van der Waals surface area contributed by atoms with E-state index in [4.69, 9.17) is 11.6 Å². The van der Waals surface area contributed by atoms with Crippen LogP contribution < -0.4 is 5.32 Å². The van der Waals surface area contributed by atoms with Crippen LogP contribution in [0.4, 0.5) is 0 Å². The van der Waals surface area contributed by atoms with E-state index in [-0.39, 0.29) is 19.1 Å². The van der Waals surface area contributed by atoms with Gasteiger partial charge >= 0.3 is 0 Å². The van der Waals surface area contributed by atoms with Gasteiger partial charge in [0.05, 0.1) is 24.3 Å². The zero-order chi connectivity index (χ0) is 13.8. The molecule has 1 aromatic carbocycles. The van der Waals surface area contributed by atoms with Gasteiger partial charge in [-0.15, -0.1) is 0 Å². The van der Waals surface area contributed by atoms with Crippen LogP contribution in [0.15, 0.2) is 22.7 Å². The fourth-order valence-corrected chi connectivity index (χ4v) is 2.29. The standard InChI is InChI=1S/C12H15BrClNO3/c1-2-12(6-16,7-17)15-11(18)9-4-3-8(14)5-10(9)13/h3-5,16-17H,2,6-7H2,1H3,(H,15,18). The Hall–Kier alpha value is -0.620. The second-order valence-electron chi connectivity index (χ2n) is 4.03. The van der Waals surface area contributed by atoms with Gasteiger partial charge in [-0.2, -0.15) is 0 Å². The van der Waals surface area contributed by atoms with E-state index in [1.165, 1.54) is 0 Å². The van der Waals surface area contributed by atoms with E-state index in [1.54, 1.807) is 25.1 Å². The van der Waals surface area contributed by atoms with Gasteiger partial charge in [0.2, 0.25) is 0 Å². The van der Waals surface area contributed by atoms with Crippen LogP contribution >= 0.6 is 27.5 Å². The quantitative estimate of drug-likeness (QED) is 0.770. The molecule has 4 nitrogen and oxygen atoms in total. The van der Waals surface area contributed by atoms with E-state index in [0.29, 0.717) is 21.5 Å². The highest BCUT2D eigenvalue weighted by atomic mass is 79.9. The van der Waals surface area contributed by atoms with Crippen molar-refractivity contribution in [3.63, 3.8) is 0 Å². The van der Waals surface area contributed by atoms with Crippen molar-refractivity contribution in [3.05, 3.63) is 33.3 Å². The lowest BCUT2D eigenvalue weighted by Gasteiger charge is -2.29. The number of nitrogens with one attached hydrogen (secondary N) is 1. The summed E-state index contributed by atoms with van der Waals surface area (Å²) in [5.41, 5.74) is -0.602. The van der Waals surface area contributed by atoms with E-state index >= 15 is 0 Å². The molecule has 0 heterocycles. The molecule has 0 bridgehead atoms. The lowest BCUT2D eigenvalue weighted by atomic mass is 9.98. The predicted octanol–water partition coefficient (Wildman–Crippen LogP) is 1.97. The molecular formula is C12H15BrClNO3. The van der Waals surface area contributed by atoms with Gasteiger partial charge in [-0.25, -0.2) is 0 Å². The predicted molar refractivity (Wildman–Crippen MR) is 73.8 cm³/mol. The molecule has 0 saturated carbocycles. The summed E-state index contributed by atoms with van der Waals surface area (Å²) >= 11 is 9.05. The highest BCUT2D eigenvalue weighted by Gasteiger charge is 2.29. The van der Waals surface area contributed by atoms with Gasteiger partial charge in [0, 0.05) is 9.50 Å². The molecule has 0 aromatic heterocycles. The first kappa shape index (κ1) is 15.4. The highest BCUT2D eigenvalue weighted by molar-refractivity contribution is 9.10. The van der Waals surface area contributed by atoms with Crippen LogP contribution in [0.2, 0.25) is 5.02 Å². The van der Waals surface area contributed by atoms with E-state index in [0.717, 1.165) is 0 Å². The first-order valence-electron chi connectivity index (χ1n) is 5.47. The van der Waals surface area contributed by atoms with Crippen LogP contribution in [0.1, 0.15) is 23.7 Å². The molecule has 1 amide bonds. The minimum Gasteiger partial charge on any atom is -0.394 e. The zero-order valence-electron chi connectivity index (χ0n) is 9.91. The van der Waals surface area contributed by atoms with Gasteiger partial charge in [0.15, 0.2) is 0 Å². The number of benzene rings is 1. The van der Waals surface area contributed by atoms with Crippen molar-refractivity contribution in [1.82, 2.24) is 5.32 Å². The van der Waals surface area contributed by atoms with Crippen molar-refractivity contribution in [2.75, 3.05) is 13.2 Å². The molecule has 100 valence electrons. The van der Waals surface area contributed by atoms with Crippen molar-refractivity contribution in [2.24, 2.45) is 0 Å². The van der Waals surface area contributed by atoms with Crippen LogP contribution in [0.5, 0.6) is 0 Å². The van der Waals surface area contributed by atoms with Crippen LogP contribution in [0.25, 0.3) is 0 Å². The molecule has 0 spiro atoms. The molecule has 1 aromatic rings. The van der Waals surface area contributed by atoms with Crippen molar-refractivity contribution < 1.29 is 15.0 Å². The third-order valence-corrected chi connectivity index (χ3v) is 3.73. The second-order valence-corrected chi connectivity index (χ2v) is 5.32. The molecular weight excluding hydrogens is 321 g/mol. The summed E-state index contributed by atoms with van der Waals surface area (Å²) in [4.78, 5) is 12.1. The summed E-state index contributed by atoms with van der Waals surface area (Å²) in [5.74, 6) is -0.372. The Morgan fingerprint density at radius 3 is 2.50 bits per heavy atom. The topological polar surface area (TPSA) is 69.6 Å². The third kappa shape index (κ3) is 3.45. The van der Waals surface area contributed by atoms with Crippen molar-refractivity contribution >= 4 is 33.4 Å². The fraction of sp³-hybridized carbons (Fsp3) is 0.417. The lowest BCUT2D eigenvalue weighted by Crippen LogP contribution is -2.53. The minimum absolute atomic E-state index is 0.322. The average molecular weight is 337 g/mol. The SMILES string of the molecule is CCC(CO)(CO)NC(=O)c1ccc(Cl)cc1Br. The third-order valence-electron chi connectivity index (χ3n) is 2.84. The van der Waals surface area contributed by atoms with Crippen LogP contribution in [0.3, 0.4) is 0 Å². The molecule has 0 fully saturated rings. The van der Waals surface area contributed by atoms with E-state index in [2.05, 4.69) is 21.2 Å². The summed E-state index contributed by atoms with van der Waals surface area (Å²) in [7, 11) is 0. The van der Waals surface area contributed by atoms with E-state index in [9.17, 15) is 15.0 Å². The maximum atomic E-state index is 12.1. The normalized spacial score (nSPS) is 11.4. The number of carbonyl (C=O) groups is 1. The Labute approximate surface area is 119 Å². The highest BCUT2D eigenvalue weighted by Crippen LogP contribution is 2.22. The largest absolute Gasteiger partial charge is 0.394 e. The number of carbonyl (C=O) groups excluding carboxylic acids is 1. The number of rotatable bonds is 5. The molecule has 0 radical (unpaired) electrons. The Balaban J connectivity index is 2.94. The van der Waals surface area contributed by atoms with Crippen LogP contribution in [-0.2, 0) is 0 Å². The molecule has 0 saturated heterocycles. The Morgan fingerprint density at radius 2 is 2.06 bits per heavy atom. The Bertz CT molecular complexity index is 427. The van der Waals surface area contributed by atoms with Gasteiger partial charge in [-0.3, -0.25) is 4.79 Å². The molecule has 1 rings (SSSR count). The Kier molecular flexibility index (Phi) is 5.59. The Morgan fingerprint density at radius 1 is 1.44 bits per heavy atom. The van der Waals surface area contributed by atoms with Crippen molar-refractivity contribution in [2.45, 2.75) is 18.9 Å². The van der Waals surface area contributed by atoms with E-state index < -0.39 is 5.54 Å². The molecule has 0 aliphatic rings. The van der Waals surface area contributed by atoms with Crippen molar-refractivity contribution in [3.8, 4) is 0 Å². The van der Waals surface area contributed by atoms with Gasteiger partial charge in [-0.05, 0) is 40.5 Å². The zero-order valence-corrected chi connectivity index (χ0v) is 12.3. The smallest absolute Gasteiger partial charge is 0.253 e. The molecule has 18 heavy (non-hydrogen) atoms. The molecule has 0 unspecified atom stereocenters. The molecule has 0 aliphatic carbocycles. The number of hydrogen-bond donors (Lipinski definition) is 3. The fourth-order valence-electron chi connectivity index (χ4n) is 1.42. The molecule has 0 aliphatic heterocycles. The number of aliphatic hydroxyl groups excluding tert-OH is 2. The molecule has 3 N–H and O–H groups in total. The summed E-state index contributed by atoms with van der Waals surface area (Å²) in [6.45, 7) is 1.14. The van der Waals surface area contributed by atoms with Crippen LogP contribution in [0, 0.1) is 0 Å². The first-order chi connectivity index (χ1) is 8.48. The van der Waals surface area contributed by atoms with Crippen molar-refractivity contribution in [1.29, 1.82) is 0 Å². The summed E-state index contributed by atoms with van der Waals surface area (Å²) in [5, 5.41) is 21.7. The van der Waals surface area contributed by atoms with Gasteiger partial charge < -0.3 is 15.5 Å². The number of amides is 1. The lowest BCUT2D eigenvalue weighted by molar-refractivity contribution is 0.0652. The number of aliphatic hydroxyl groups is 2. The minimum atomic E-state index is -1.00. The summed E-state index contributed by atoms with van der Waals surface area (Å²) < 4.78 is 0.563.